The number of nitrogens with one attached hydrogen (secondary N) is 1. The molecule has 0 aromatic heterocycles. The van der Waals surface area contributed by atoms with Crippen LogP contribution in [0.2, 0.25) is 0 Å². The van der Waals surface area contributed by atoms with Crippen LogP contribution in [0.3, 0.4) is 0 Å². The predicted molar refractivity (Wildman–Crippen MR) is 73.4 cm³/mol. The van der Waals surface area contributed by atoms with Crippen LogP contribution < -0.4 is 5.32 Å². The van der Waals surface area contributed by atoms with Crippen molar-refractivity contribution in [2.75, 3.05) is 38.5 Å². The topological polar surface area (TPSA) is 15.3 Å². The molecular weight excluding hydrogens is 247 g/mol. The molecule has 0 bridgehead atoms. The highest BCUT2D eigenvalue weighted by Gasteiger charge is 2.35. The maximum atomic E-state index is 12.8. The first-order valence-corrected chi connectivity index (χ1v) is 7.61. The van der Waals surface area contributed by atoms with E-state index >= 15 is 0 Å². The second kappa shape index (κ2) is 5.59. The van der Waals surface area contributed by atoms with Gasteiger partial charge in [0, 0.05) is 30.3 Å². The predicted octanol–water partition coefficient (Wildman–Crippen LogP) is 2.07. The van der Waals surface area contributed by atoms with E-state index < -0.39 is 0 Å². The molecule has 2 aliphatic rings. The Morgan fingerprint density at radius 1 is 1.17 bits per heavy atom. The third-order valence-electron chi connectivity index (χ3n) is 3.96. The van der Waals surface area contributed by atoms with E-state index in [1.54, 1.807) is 0 Å². The molecule has 18 heavy (non-hydrogen) atoms. The molecule has 2 nitrogen and oxygen atoms in total. The lowest BCUT2D eigenvalue weighted by molar-refractivity contribution is 0.333. The normalized spacial score (nSPS) is 27.6. The molecule has 4 heteroatoms. The number of hydrogen-bond donors (Lipinski definition) is 1. The second-order valence-corrected chi connectivity index (χ2v) is 6.41. The summed E-state index contributed by atoms with van der Waals surface area (Å²) >= 11 is 1.82. The molecule has 1 aromatic carbocycles. The summed E-state index contributed by atoms with van der Waals surface area (Å²) in [4.78, 5) is 3.74. The van der Waals surface area contributed by atoms with Gasteiger partial charge in [-0.25, -0.2) is 4.39 Å². The molecule has 2 fully saturated rings. The van der Waals surface area contributed by atoms with Gasteiger partial charge in [-0.3, -0.25) is 0 Å². The van der Waals surface area contributed by atoms with Gasteiger partial charge in [-0.1, -0.05) is 0 Å². The minimum absolute atomic E-state index is 0.154. The highest BCUT2D eigenvalue weighted by atomic mass is 32.2. The lowest BCUT2D eigenvalue weighted by atomic mass is 10.0. The largest absolute Gasteiger partial charge is 0.316 e. The maximum absolute atomic E-state index is 12.8. The second-order valence-electron chi connectivity index (χ2n) is 5.24. The third kappa shape index (κ3) is 2.87. The minimum Gasteiger partial charge on any atom is -0.316 e. The van der Waals surface area contributed by atoms with Crippen LogP contribution in [-0.4, -0.2) is 43.4 Å². The number of fused-ring (bicyclic) bond motifs is 1. The van der Waals surface area contributed by atoms with Crippen LogP contribution in [0.1, 0.15) is 0 Å². The number of halogens is 1. The smallest absolute Gasteiger partial charge is 0.123 e. The number of nitrogens with zero attached hydrogens (tertiary/aromatic N) is 1. The van der Waals surface area contributed by atoms with Crippen LogP contribution in [0.25, 0.3) is 0 Å². The van der Waals surface area contributed by atoms with E-state index in [1.807, 2.05) is 23.9 Å². The molecule has 1 N–H and O–H groups in total. The van der Waals surface area contributed by atoms with E-state index in [9.17, 15) is 4.39 Å². The molecule has 2 unspecified atom stereocenters. The van der Waals surface area contributed by atoms with Crippen molar-refractivity contribution in [3.63, 3.8) is 0 Å². The van der Waals surface area contributed by atoms with Crippen molar-refractivity contribution >= 4 is 11.8 Å². The van der Waals surface area contributed by atoms with Crippen LogP contribution in [0.15, 0.2) is 29.2 Å². The molecule has 0 spiro atoms. The van der Waals surface area contributed by atoms with E-state index in [1.165, 1.54) is 38.3 Å². The van der Waals surface area contributed by atoms with Gasteiger partial charge in [-0.2, -0.15) is 0 Å². The Hall–Kier alpha value is -0.580. The van der Waals surface area contributed by atoms with Crippen LogP contribution in [-0.2, 0) is 0 Å². The monoisotopic (exact) mass is 266 g/mol. The van der Waals surface area contributed by atoms with E-state index in [0.717, 1.165) is 29.0 Å². The molecule has 0 saturated carbocycles. The first-order chi connectivity index (χ1) is 8.81. The summed E-state index contributed by atoms with van der Waals surface area (Å²) in [6.07, 6.45) is 0. The summed E-state index contributed by atoms with van der Waals surface area (Å²) in [5.41, 5.74) is 0. The van der Waals surface area contributed by atoms with Crippen LogP contribution in [0.5, 0.6) is 0 Å². The first kappa shape index (κ1) is 12.5. The fourth-order valence-corrected chi connectivity index (χ4v) is 3.87. The van der Waals surface area contributed by atoms with Gasteiger partial charge in [-0.05, 0) is 49.2 Å². The number of likely N-dealkylation sites (tertiary alicyclic amines) is 1. The Morgan fingerprint density at radius 2 is 1.83 bits per heavy atom. The molecule has 2 saturated heterocycles. The molecule has 1 aromatic rings. The molecule has 98 valence electrons. The SMILES string of the molecule is Fc1ccc(SCCN2CC3CNCC3C2)cc1. The van der Waals surface area contributed by atoms with E-state index in [-0.39, 0.29) is 5.82 Å². The Bertz CT molecular complexity index is 383. The van der Waals surface area contributed by atoms with Crippen molar-refractivity contribution in [2.45, 2.75) is 4.90 Å². The van der Waals surface area contributed by atoms with Crippen molar-refractivity contribution in [1.29, 1.82) is 0 Å². The Morgan fingerprint density at radius 3 is 2.50 bits per heavy atom. The summed E-state index contributed by atoms with van der Waals surface area (Å²) in [5, 5.41) is 3.46. The molecule has 3 rings (SSSR count). The van der Waals surface area contributed by atoms with Gasteiger partial charge in [0.15, 0.2) is 0 Å². The molecule has 2 atom stereocenters. The van der Waals surface area contributed by atoms with E-state index in [0.29, 0.717) is 0 Å². The molecule has 0 aliphatic carbocycles. The van der Waals surface area contributed by atoms with E-state index in [2.05, 4.69) is 10.2 Å². The summed E-state index contributed by atoms with van der Waals surface area (Å²) in [6, 6.07) is 6.80. The average molecular weight is 266 g/mol. The molecule has 2 heterocycles. The molecule has 0 radical (unpaired) electrons. The first-order valence-electron chi connectivity index (χ1n) is 6.63. The highest BCUT2D eigenvalue weighted by Crippen LogP contribution is 2.27. The summed E-state index contributed by atoms with van der Waals surface area (Å²) < 4.78 is 12.8. The third-order valence-corrected chi connectivity index (χ3v) is 4.95. The van der Waals surface area contributed by atoms with Crippen molar-refractivity contribution in [1.82, 2.24) is 10.2 Å². The number of hydrogen-bond acceptors (Lipinski definition) is 3. The zero-order valence-corrected chi connectivity index (χ0v) is 11.3. The fourth-order valence-electron chi connectivity index (χ4n) is 2.96. The Labute approximate surface area is 112 Å². The quantitative estimate of drug-likeness (QED) is 0.840. The summed E-state index contributed by atoms with van der Waals surface area (Å²) in [5.74, 6) is 2.69. The Balaban J connectivity index is 1.41. The number of thioether (sulfide) groups is 1. The van der Waals surface area contributed by atoms with Gasteiger partial charge in [0.1, 0.15) is 5.82 Å². The Kier molecular flexibility index (Phi) is 3.87. The van der Waals surface area contributed by atoms with Crippen molar-refractivity contribution in [2.24, 2.45) is 11.8 Å². The van der Waals surface area contributed by atoms with Gasteiger partial charge < -0.3 is 10.2 Å². The maximum Gasteiger partial charge on any atom is 0.123 e. The molecule has 0 amide bonds. The van der Waals surface area contributed by atoms with Gasteiger partial charge >= 0.3 is 0 Å². The summed E-state index contributed by atoms with van der Waals surface area (Å²) in [7, 11) is 0. The zero-order valence-electron chi connectivity index (χ0n) is 10.4. The average Bonchev–Trinajstić information content (AvgIpc) is 2.92. The standard InChI is InChI=1S/C14H19FN2S/c15-13-1-3-14(4-2-13)18-6-5-17-9-11-7-16-8-12(11)10-17/h1-4,11-12,16H,5-10H2. The minimum atomic E-state index is -0.154. The van der Waals surface area contributed by atoms with Crippen LogP contribution in [0.4, 0.5) is 4.39 Å². The van der Waals surface area contributed by atoms with Gasteiger partial charge in [-0.15, -0.1) is 11.8 Å². The lowest BCUT2D eigenvalue weighted by Gasteiger charge is -2.16. The van der Waals surface area contributed by atoms with Gasteiger partial charge in [0.2, 0.25) is 0 Å². The highest BCUT2D eigenvalue weighted by molar-refractivity contribution is 7.99. The fraction of sp³-hybridized carbons (Fsp3) is 0.571. The van der Waals surface area contributed by atoms with Crippen molar-refractivity contribution in [3.8, 4) is 0 Å². The molecule has 2 aliphatic heterocycles. The zero-order chi connectivity index (χ0) is 12.4. The van der Waals surface area contributed by atoms with Crippen LogP contribution in [0, 0.1) is 17.7 Å². The number of rotatable bonds is 4. The van der Waals surface area contributed by atoms with E-state index in [4.69, 9.17) is 0 Å². The number of benzene rings is 1. The van der Waals surface area contributed by atoms with Gasteiger partial charge in [0.05, 0.1) is 0 Å². The lowest BCUT2D eigenvalue weighted by Crippen LogP contribution is -2.27. The van der Waals surface area contributed by atoms with Crippen molar-refractivity contribution in [3.05, 3.63) is 30.1 Å². The van der Waals surface area contributed by atoms with Gasteiger partial charge in [0.25, 0.3) is 0 Å². The van der Waals surface area contributed by atoms with Crippen LogP contribution >= 0.6 is 11.8 Å². The van der Waals surface area contributed by atoms with Crippen molar-refractivity contribution < 1.29 is 4.39 Å². The summed E-state index contributed by atoms with van der Waals surface area (Å²) in [6.45, 7) is 6.05. The molecular formula is C14H19FN2S.